The van der Waals surface area contributed by atoms with Crippen LogP contribution in [-0.2, 0) is 0 Å². The van der Waals surface area contributed by atoms with E-state index in [-0.39, 0.29) is 0 Å². The van der Waals surface area contributed by atoms with E-state index in [1.54, 1.807) is 16.9 Å². The van der Waals surface area contributed by atoms with E-state index in [4.69, 9.17) is 5.73 Å². The first-order valence-electron chi connectivity index (χ1n) is 4.48. The quantitative estimate of drug-likeness (QED) is 0.802. The van der Waals surface area contributed by atoms with Gasteiger partial charge in [0, 0.05) is 23.5 Å². The molecule has 2 heterocycles. The summed E-state index contributed by atoms with van der Waals surface area (Å²) in [5, 5.41) is 4.84. The van der Waals surface area contributed by atoms with Gasteiger partial charge in [-0.1, -0.05) is 0 Å². The Balaban J connectivity index is 1.99. The molecule has 6 heteroatoms. The van der Waals surface area contributed by atoms with Crippen LogP contribution in [0.4, 0.5) is 5.82 Å². The first-order chi connectivity index (χ1) is 6.84. The van der Waals surface area contributed by atoms with Gasteiger partial charge in [-0.05, 0) is 12.8 Å². The van der Waals surface area contributed by atoms with Crippen LogP contribution in [0.1, 0.15) is 24.6 Å². The number of nitrogen functional groups attached to an aromatic ring is 1. The molecule has 72 valence electrons. The molecular formula is C8H9N5S. The largest absolute Gasteiger partial charge is 0.384 e. The smallest absolute Gasteiger partial charge is 0.232 e. The van der Waals surface area contributed by atoms with Crippen molar-refractivity contribution in [2.24, 2.45) is 0 Å². The van der Waals surface area contributed by atoms with Crippen molar-refractivity contribution in [3.8, 4) is 5.13 Å². The first-order valence-corrected chi connectivity index (χ1v) is 5.25. The van der Waals surface area contributed by atoms with Gasteiger partial charge in [-0.3, -0.25) is 0 Å². The molecule has 0 radical (unpaired) electrons. The number of hydrogen-bond donors (Lipinski definition) is 1. The lowest BCUT2D eigenvalue weighted by atomic mass is 10.4. The molecule has 0 aliphatic heterocycles. The van der Waals surface area contributed by atoms with E-state index >= 15 is 0 Å². The zero-order chi connectivity index (χ0) is 9.54. The summed E-state index contributed by atoms with van der Waals surface area (Å²) >= 11 is 1.35. The molecule has 1 aliphatic carbocycles. The summed E-state index contributed by atoms with van der Waals surface area (Å²) in [6.45, 7) is 0. The molecule has 2 aromatic heterocycles. The number of aromatic nitrogens is 4. The molecular weight excluding hydrogens is 198 g/mol. The second-order valence-corrected chi connectivity index (χ2v) is 4.11. The van der Waals surface area contributed by atoms with Gasteiger partial charge in [-0.25, -0.2) is 4.98 Å². The van der Waals surface area contributed by atoms with Gasteiger partial charge in [0.2, 0.25) is 5.13 Å². The van der Waals surface area contributed by atoms with Crippen molar-refractivity contribution in [1.82, 2.24) is 19.1 Å². The molecule has 0 amide bonds. The van der Waals surface area contributed by atoms with Gasteiger partial charge in [-0.2, -0.15) is 14.2 Å². The van der Waals surface area contributed by atoms with Gasteiger partial charge in [0.25, 0.3) is 0 Å². The van der Waals surface area contributed by atoms with Crippen LogP contribution in [0.2, 0.25) is 0 Å². The van der Waals surface area contributed by atoms with Crippen molar-refractivity contribution in [2.75, 3.05) is 5.73 Å². The second-order valence-electron chi connectivity index (χ2n) is 3.38. The SMILES string of the molecule is Nc1ccnn1-c1nc(C2CC2)ns1. The Kier molecular flexibility index (Phi) is 1.57. The van der Waals surface area contributed by atoms with Crippen molar-refractivity contribution in [1.29, 1.82) is 0 Å². The van der Waals surface area contributed by atoms with E-state index in [1.165, 1.54) is 24.4 Å². The number of nitrogens with zero attached hydrogens (tertiary/aromatic N) is 4. The van der Waals surface area contributed by atoms with Crippen molar-refractivity contribution in [2.45, 2.75) is 18.8 Å². The summed E-state index contributed by atoms with van der Waals surface area (Å²) in [4.78, 5) is 4.40. The monoisotopic (exact) mass is 207 g/mol. The van der Waals surface area contributed by atoms with E-state index in [9.17, 15) is 0 Å². The van der Waals surface area contributed by atoms with Crippen molar-refractivity contribution in [3.05, 3.63) is 18.1 Å². The highest BCUT2D eigenvalue weighted by atomic mass is 32.1. The molecule has 1 aliphatic rings. The minimum atomic E-state index is 0.580. The van der Waals surface area contributed by atoms with Crippen LogP contribution in [0.15, 0.2) is 12.3 Å². The van der Waals surface area contributed by atoms with Crippen LogP contribution in [-0.4, -0.2) is 19.1 Å². The Morgan fingerprint density at radius 1 is 1.50 bits per heavy atom. The fourth-order valence-electron chi connectivity index (χ4n) is 1.29. The molecule has 14 heavy (non-hydrogen) atoms. The third-order valence-corrected chi connectivity index (χ3v) is 2.93. The molecule has 0 saturated heterocycles. The van der Waals surface area contributed by atoms with Crippen LogP contribution in [0.3, 0.4) is 0 Å². The predicted octanol–water partition coefficient (Wildman–Crippen LogP) is 1.18. The van der Waals surface area contributed by atoms with Gasteiger partial charge in [-0.15, -0.1) is 0 Å². The summed E-state index contributed by atoms with van der Waals surface area (Å²) in [5.41, 5.74) is 5.71. The van der Waals surface area contributed by atoms with Crippen LogP contribution in [0.25, 0.3) is 5.13 Å². The molecule has 0 atom stereocenters. The minimum absolute atomic E-state index is 0.580. The third kappa shape index (κ3) is 1.19. The van der Waals surface area contributed by atoms with Gasteiger partial charge < -0.3 is 5.73 Å². The summed E-state index contributed by atoms with van der Waals surface area (Å²) in [6.07, 6.45) is 4.09. The van der Waals surface area contributed by atoms with Gasteiger partial charge in [0.15, 0.2) is 0 Å². The lowest BCUT2D eigenvalue weighted by molar-refractivity contribution is 0.861. The maximum absolute atomic E-state index is 5.71. The number of hydrogen-bond acceptors (Lipinski definition) is 5. The molecule has 0 aromatic carbocycles. The Bertz CT molecular complexity index is 456. The van der Waals surface area contributed by atoms with Crippen LogP contribution in [0.5, 0.6) is 0 Å². The van der Waals surface area contributed by atoms with E-state index < -0.39 is 0 Å². The Hall–Kier alpha value is -1.43. The number of nitrogens with two attached hydrogens (primary N) is 1. The maximum Gasteiger partial charge on any atom is 0.232 e. The highest BCUT2D eigenvalue weighted by molar-refractivity contribution is 7.08. The summed E-state index contributed by atoms with van der Waals surface area (Å²) in [7, 11) is 0. The Morgan fingerprint density at radius 3 is 3.00 bits per heavy atom. The first kappa shape index (κ1) is 7.93. The summed E-state index contributed by atoms with van der Waals surface area (Å²) in [6, 6.07) is 1.75. The van der Waals surface area contributed by atoms with Crippen molar-refractivity contribution >= 4 is 17.4 Å². The summed E-state index contributed by atoms with van der Waals surface area (Å²) in [5.74, 6) is 2.13. The number of rotatable bonds is 2. The van der Waals surface area contributed by atoms with Gasteiger partial charge in [0.1, 0.15) is 11.6 Å². The lowest BCUT2D eigenvalue weighted by Crippen LogP contribution is -2.00. The van der Waals surface area contributed by atoms with E-state index in [0.29, 0.717) is 11.7 Å². The molecule has 0 spiro atoms. The third-order valence-electron chi connectivity index (χ3n) is 2.23. The van der Waals surface area contributed by atoms with E-state index in [0.717, 1.165) is 11.0 Å². The fraction of sp³-hybridized carbons (Fsp3) is 0.375. The molecule has 0 bridgehead atoms. The molecule has 1 fully saturated rings. The standard InChI is InChI=1S/C8H9N5S/c9-6-3-4-10-13(6)8-11-7(12-14-8)5-1-2-5/h3-5H,1-2,9H2. The highest BCUT2D eigenvalue weighted by Gasteiger charge is 2.28. The average Bonchev–Trinajstić information content (AvgIpc) is 2.75. The van der Waals surface area contributed by atoms with Crippen molar-refractivity contribution in [3.63, 3.8) is 0 Å². The molecule has 1 saturated carbocycles. The zero-order valence-corrected chi connectivity index (χ0v) is 8.24. The molecule has 2 N–H and O–H groups in total. The van der Waals surface area contributed by atoms with Crippen molar-refractivity contribution < 1.29 is 0 Å². The summed E-state index contributed by atoms with van der Waals surface area (Å²) < 4.78 is 5.90. The van der Waals surface area contributed by atoms with Crippen LogP contribution >= 0.6 is 11.5 Å². The highest BCUT2D eigenvalue weighted by Crippen LogP contribution is 2.39. The van der Waals surface area contributed by atoms with E-state index in [1.807, 2.05) is 0 Å². The minimum Gasteiger partial charge on any atom is -0.384 e. The normalized spacial score (nSPS) is 16.0. The topological polar surface area (TPSA) is 69.6 Å². The van der Waals surface area contributed by atoms with Crippen LogP contribution in [0, 0.1) is 0 Å². The lowest BCUT2D eigenvalue weighted by Gasteiger charge is -1.95. The predicted molar refractivity (Wildman–Crippen MR) is 53.4 cm³/mol. The van der Waals surface area contributed by atoms with Crippen LogP contribution < -0.4 is 5.73 Å². The molecule has 3 rings (SSSR count). The molecule has 2 aromatic rings. The fourth-order valence-corrected chi connectivity index (χ4v) is 2.02. The number of anilines is 1. The van der Waals surface area contributed by atoms with Gasteiger partial charge >= 0.3 is 0 Å². The second kappa shape index (κ2) is 2.78. The van der Waals surface area contributed by atoms with E-state index in [2.05, 4.69) is 14.5 Å². The van der Waals surface area contributed by atoms with Gasteiger partial charge in [0.05, 0.1) is 6.20 Å². The average molecular weight is 207 g/mol. The Morgan fingerprint density at radius 2 is 2.36 bits per heavy atom. The Labute approximate surface area is 84.7 Å². The zero-order valence-electron chi connectivity index (χ0n) is 7.42. The molecule has 5 nitrogen and oxygen atoms in total. The molecule has 0 unspecified atom stereocenters. The maximum atomic E-state index is 5.71.